The van der Waals surface area contributed by atoms with Crippen molar-refractivity contribution in [1.29, 1.82) is 0 Å². The molecule has 1 aliphatic rings. The Kier molecular flexibility index (Phi) is 4.71. The van der Waals surface area contributed by atoms with Crippen LogP contribution in [-0.2, 0) is 0 Å². The first kappa shape index (κ1) is 18.8. The highest BCUT2D eigenvalue weighted by atomic mass is 35.5. The molecule has 0 bridgehead atoms. The van der Waals surface area contributed by atoms with Gasteiger partial charge in [-0.25, -0.2) is 15.0 Å². The summed E-state index contributed by atoms with van der Waals surface area (Å²) in [6.07, 6.45) is 3.59. The molecule has 0 aliphatic carbocycles. The summed E-state index contributed by atoms with van der Waals surface area (Å²) in [7, 11) is 0. The smallest absolute Gasteiger partial charge is 0.254 e. The van der Waals surface area contributed by atoms with Gasteiger partial charge in [-0.1, -0.05) is 11.6 Å². The number of nitrogens with one attached hydrogen (secondary N) is 1. The van der Waals surface area contributed by atoms with E-state index in [1.165, 1.54) is 0 Å². The van der Waals surface area contributed by atoms with E-state index in [0.29, 0.717) is 23.0 Å². The molecule has 30 heavy (non-hydrogen) atoms. The quantitative estimate of drug-likeness (QED) is 0.511. The van der Waals surface area contributed by atoms with Gasteiger partial charge >= 0.3 is 0 Å². The van der Waals surface area contributed by atoms with Crippen LogP contribution in [0, 0.1) is 6.92 Å². The molecule has 0 radical (unpaired) electrons. The van der Waals surface area contributed by atoms with Crippen molar-refractivity contribution in [2.45, 2.75) is 25.8 Å². The number of rotatable bonds is 3. The number of benzene rings is 2. The maximum Gasteiger partial charge on any atom is 0.254 e. The van der Waals surface area contributed by atoms with Gasteiger partial charge in [0.05, 0.1) is 22.8 Å². The second kappa shape index (κ2) is 7.54. The molecule has 0 spiro atoms. The van der Waals surface area contributed by atoms with Gasteiger partial charge in [0.1, 0.15) is 5.82 Å². The van der Waals surface area contributed by atoms with Gasteiger partial charge in [0.15, 0.2) is 5.82 Å². The number of nitrogens with zero attached hydrogens (tertiary/aromatic N) is 4. The van der Waals surface area contributed by atoms with Gasteiger partial charge in [-0.05, 0) is 68.3 Å². The fourth-order valence-electron chi connectivity index (χ4n) is 4.05. The van der Waals surface area contributed by atoms with Gasteiger partial charge in [-0.15, -0.1) is 0 Å². The van der Waals surface area contributed by atoms with E-state index in [1.54, 1.807) is 6.20 Å². The number of carbonyl (C=O) groups is 1. The van der Waals surface area contributed by atoms with Crippen LogP contribution in [0.5, 0.6) is 0 Å². The molecule has 1 unspecified atom stereocenters. The molecule has 2 aromatic heterocycles. The SMILES string of the molecule is Cc1nc2ccc(C(=O)N3CCCC3c3ccnc(-c4ccc(Cl)cc4)n3)cc2[nH]1. The standard InChI is InChI=1S/C23H20ClN5O/c1-14-26-18-9-6-16(13-20(18)27-14)23(30)29-12-2-3-21(29)19-10-11-25-22(28-19)15-4-7-17(24)8-5-15/h4-11,13,21H,2-3,12H2,1H3,(H,26,27). The number of hydrogen-bond donors (Lipinski definition) is 1. The Morgan fingerprint density at radius 3 is 2.80 bits per heavy atom. The second-order valence-electron chi connectivity index (χ2n) is 7.52. The Morgan fingerprint density at radius 2 is 1.97 bits per heavy atom. The lowest BCUT2D eigenvalue weighted by Crippen LogP contribution is -2.31. The molecule has 1 amide bonds. The summed E-state index contributed by atoms with van der Waals surface area (Å²) in [5.74, 6) is 1.49. The van der Waals surface area contributed by atoms with Crippen molar-refractivity contribution in [3.8, 4) is 11.4 Å². The van der Waals surface area contributed by atoms with Crippen LogP contribution >= 0.6 is 11.6 Å². The lowest BCUT2D eigenvalue weighted by molar-refractivity contribution is 0.0733. The fraction of sp³-hybridized carbons (Fsp3) is 0.217. The molecule has 1 fully saturated rings. The van der Waals surface area contributed by atoms with Gasteiger partial charge in [0, 0.05) is 28.9 Å². The number of imidazole rings is 1. The fourth-order valence-corrected chi connectivity index (χ4v) is 4.18. The van der Waals surface area contributed by atoms with Crippen molar-refractivity contribution in [3.63, 3.8) is 0 Å². The maximum absolute atomic E-state index is 13.3. The minimum Gasteiger partial charge on any atom is -0.342 e. The highest BCUT2D eigenvalue weighted by Gasteiger charge is 2.32. The minimum atomic E-state index is -0.0641. The Balaban J connectivity index is 1.45. The molecule has 1 aliphatic heterocycles. The zero-order valence-electron chi connectivity index (χ0n) is 16.5. The van der Waals surface area contributed by atoms with Gasteiger partial charge in [-0.2, -0.15) is 0 Å². The van der Waals surface area contributed by atoms with Crippen molar-refractivity contribution < 1.29 is 4.79 Å². The second-order valence-corrected chi connectivity index (χ2v) is 7.96. The van der Waals surface area contributed by atoms with E-state index in [9.17, 15) is 4.79 Å². The van der Waals surface area contributed by atoms with Gasteiger partial charge < -0.3 is 9.88 Å². The number of carbonyl (C=O) groups excluding carboxylic acids is 1. The van der Waals surface area contributed by atoms with Crippen molar-refractivity contribution in [3.05, 3.63) is 76.8 Å². The molecular weight excluding hydrogens is 398 g/mol. The highest BCUT2D eigenvalue weighted by Crippen LogP contribution is 2.33. The number of amides is 1. The number of fused-ring (bicyclic) bond motifs is 1. The third-order valence-electron chi connectivity index (χ3n) is 5.48. The number of aromatic amines is 1. The van der Waals surface area contributed by atoms with Crippen LogP contribution in [0.2, 0.25) is 5.02 Å². The zero-order valence-corrected chi connectivity index (χ0v) is 17.2. The number of likely N-dealkylation sites (tertiary alicyclic amines) is 1. The molecular formula is C23H20ClN5O. The van der Waals surface area contributed by atoms with Crippen LogP contribution in [0.15, 0.2) is 54.7 Å². The molecule has 6 nitrogen and oxygen atoms in total. The average Bonchev–Trinajstić information content (AvgIpc) is 3.39. The monoisotopic (exact) mass is 417 g/mol. The molecule has 2 aromatic carbocycles. The molecule has 3 heterocycles. The summed E-state index contributed by atoms with van der Waals surface area (Å²) >= 11 is 5.99. The summed E-state index contributed by atoms with van der Waals surface area (Å²) in [5, 5.41) is 0.673. The first-order chi connectivity index (χ1) is 14.6. The van der Waals surface area contributed by atoms with E-state index in [2.05, 4.69) is 15.0 Å². The van der Waals surface area contributed by atoms with E-state index in [1.807, 2.05) is 60.4 Å². The number of halogens is 1. The van der Waals surface area contributed by atoms with Crippen LogP contribution < -0.4 is 0 Å². The summed E-state index contributed by atoms with van der Waals surface area (Å²) in [6.45, 7) is 2.62. The topological polar surface area (TPSA) is 74.8 Å². The average molecular weight is 418 g/mol. The highest BCUT2D eigenvalue weighted by molar-refractivity contribution is 6.30. The number of aromatic nitrogens is 4. The van der Waals surface area contributed by atoms with Gasteiger partial charge in [0.25, 0.3) is 5.91 Å². The van der Waals surface area contributed by atoms with E-state index in [-0.39, 0.29) is 11.9 Å². The largest absolute Gasteiger partial charge is 0.342 e. The van der Waals surface area contributed by atoms with E-state index >= 15 is 0 Å². The Hall–Kier alpha value is -3.25. The first-order valence-corrected chi connectivity index (χ1v) is 10.3. The van der Waals surface area contributed by atoms with E-state index in [0.717, 1.165) is 41.0 Å². The Morgan fingerprint density at radius 1 is 1.13 bits per heavy atom. The predicted octanol–water partition coefficient (Wildman–Crippen LogP) is 4.96. The zero-order chi connectivity index (χ0) is 20.7. The lowest BCUT2D eigenvalue weighted by atomic mass is 10.1. The molecule has 1 atom stereocenters. The van der Waals surface area contributed by atoms with Crippen LogP contribution in [0.4, 0.5) is 0 Å². The van der Waals surface area contributed by atoms with Crippen LogP contribution in [0.3, 0.4) is 0 Å². The molecule has 5 rings (SSSR count). The maximum atomic E-state index is 13.3. The van der Waals surface area contributed by atoms with E-state index in [4.69, 9.17) is 16.6 Å². The number of aryl methyl sites for hydroxylation is 1. The molecule has 0 saturated carbocycles. The summed E-state index contributed by atoms with van der Waals surface area (Å²) in [4.78, 5) is 32.0. The third-order valence-corrected chi connectivity index (χ3v) is 5.73. The predicted molar refractivity (Wildman–Crippen MR) is 116 cm³/mol. The Labute approximate surface area is 179 Å². The molecule has 4 aromatic rings. The summed E-state index contributed by atoms with van der Waals surface area (Å²) in [5.41, 5.74) is 4.16. The van der Waals surface area contributed by atoms with E-state index < -0.39 is 0 Å². The molecule has 7 heteroatoms. The molecule has 1 saturated heterocycles. The molecule has 1 N–H and O–H groups in total. The van der Waals surface area contributed by atoms with Crippen molar-refractivity contribution in [2.75, 3.05) is 6.54 Å². The molecule has 150 valence electrons. The van der Waals surface area contributed by atoms with Crippen LogP contribution in [0.25, 0.3) is 22.4 Å². The van der Waals surface area contributed by atoms with Gasteiger partial charge in [0.2, 0.25) is 0 Å². The minimum absolute atomic E-state index is 0.0123. The summed E-state index contributed by atoms with van der Waals surface area (Å²) < 4.78 is 0. The number of H-pyrrole nitrogens is 1. The summed E-state index contributed by atoms with van der Waals surface area (Å²) in [6, 6.07) is 14.9. The van der Waals surface area contributed by atoms with Crippen molar-refractivity contribution in [2.24, 2.45) is 0 Å². The Bertz CT molecular complexity index is 1230. The lowest BCUT2D eigenvalue weighted by Gasteiger charge is -2.24. The van der Waals surface area contributed by atoms with Crippen LogP contribution in [0.1, 0.15) is 40.8 Å². The van der Waals surface area contributed by atoms with Crippen molar-refractivity contribution >= 4 is 28.5 Å². The van der Waals surface area contributed by atoms with Gasteiger partial charge in [-0.3, -0.25) is 4.79 Å². The van der Waals surface area contributed by atoms with Crippen molar-refractivity contribution in [1.82, 2.24) is 24.8 Å². The number of hydrogen-bond acceptors (Lipinski definition) is 4. The normalized spacial score (nSPS) is 16.3. The van der Waals surface area contributed by atoms with Crippen LogP contribution in [-0.4, -0.2) is 37.3 Å². The third kappa shape index (κ3) is 3.44. The first-order valence-electron chi connectivity index (χ1n) is 9.95.